The van der Waals surface area contributed by atoms with E-state index in [0.29, 0.717) is 23.7 Å². The van der Waals surface area contributed by atoms with E-state index < -0.39 is 0 Å². The molecule has 0 fully saturated rings. The lowest BCUT2D eigenvalue weighted by Gasteiger charge is -2.15. The third-order valence-corrected chi connectivity index (χ3v) is 5.48. The maximum absolute atomic E-state index is 13.0. The zero-order chi connectivity index (χ0) is 23.2. The number of nitrogens with one attached hydrogen (secondary N) is 1. The number of benzene rings is 2. The van der Waals surface area contributed by atoms with E-state index in [9.17, 15) is 4.79 Å². The predicted octanol–water partition coefficient (Wildman–Crippen LogP) is 4.26. The highest BCUT2D eigenvalue weighted by Crippen LogP contribution is 2.20. The molecule has 2 aromatic heterocycles. The molecule has 4 rings (SSSR count). The standard InChI is InChI=1S/C26H27N5O2/c1-4-23-22(17-27-31(23)24-14-15-25(33-3)30-29-24)26(32)28-18(2)16-19-10-12-21(13-11-19)20-8-6-5-7-9-20/h5-15,17-18H,4,16H2,1-3H3,(H,28,32). The number of hydrogen-bond acceptors (Lipinski definition) is 5. The molecule has 0 spiro atoms. The van der Waals surface area contributed by atoms with Crippen LogP contribution in [0.2, 0.25) is 0 Å². The summed E-state index contributed by atoms with van der Waals surface area (Å²) in [5, 5.41) is 15.6. The van der Waals surface area contributed by atoms with Gasteiger partial charge in [-0.2, -0.15) is 5.10 Å². The number of nitrogens with zero attached hydrogens (tertiary/aromatic N) is 4. The van der Waals surface area contributed by atoms with Crippen molar-refractivity contribution in [2.75, 3.05) is 7.11 Å². The fourth-order valence-electron chi connectivity index (χ4n) is 3.81. The Labute approximate surface area is 193 Å². The molecule has 0 bridgehead atoms. The zero-order valence-electron chi connectivity index (χ0n) is 19.0. The van der Waals surface area contributed by atoms with Gasteiger partial charge in [0.2, 0.25) is 5.88 Å². The number of methoxy groups -OCH3 is 1. The summed E-state index contributed by atoms with van der Waals surface area (Å²) < 4.78 is 6.71. The van der Waals surface area contributed by atoms with E-state index in [1.54, 1.807) is 23.0 Å². The minimum Gasteiger partial charge on any atom is -0.480 e. The molecule has 0 saturated carbocycles. The van der Waals surface area contributed by atoms with Crippen LogP contribution in [0.5, 0.6) is 5.88 Å². The Morgan fingerprint density at radius 2 is 1.73 bits per heavy atom. The van der Waals surface area contributed by atoms with Crippen LogP contribution >= 0.6 is 0 Å². The van der Waals surface area contributed by atoms with Gasteiger partial charge in [0.15, 0.2) is 5.82 Å². The molecule has 0 aliphatic rings. The third-order valence-electron chi connectivity index (χ3n) is 5.48. The van der Waals surface area contributed by atoms with Crippen molar-refractivity contribution >= 4 is 5.91 Å². The Kier molecular flexibility index (Phi) is 6.78. The summed E-state index contributed by atoms with van der Waals surface area (Å²) in [5.74, 6) is 0.818. The zero-order valence-corrected chi connectivity index (χ0v) is 19.0. The molecule has 33 heavy (non-hydrogen) atoms. The lowest BCUT2D eigenvalue weighted by Crippen LogP contribution is -2.34. The number of carbonyl (C=O) groups excluding carboxylic acids is 1. The lowest BCUT2D eigenvalue weighted by molar-refractivity contribution is 0.0939. The van der Waals surface area contributed by atoms with E-state index in [-0.39, 0.29) is 11.9 Å². The minimum absolute atomic E-state index is 0.0334. The highest BCUT2D eigenvalue weighted by molar-refractivity contribution is 5.95. The van der Waals surface area contributed by atoms with Gasteiger partial charge < -0.3 is 10.1 Å². The molecule has 0 saturated heterocycles. The first-order valence-corrected chi connectivity index (χ1v) is 11.0. The Morgan fingerprint density at radius 1 is 1.00 bits per heavy atom. The Bertz CT molecular complexity index is 1200. The van der Waals surface area contributed by atoms with E-state index in [2.05, 4.69) is 57.0 Å². The SMILES string of the molecule is CCc1c(C(=O)NC(C)Cc2ccc(-c3ccccc3)cc2)cnn1-c1ccc(OC)nn1. The van der Waals surface area contributed by atoms with Crippen molar-refractivity contribution in [1.82, 2.24) is 25.3 Å². The molecule has 1 N–H and O–H groups in total. The Morgan fingerprint density at radius 3 is 2.36 bits per heavy atom. The highest BCUT2D eigenvalue weighted by Gasteiger charge is 2.19. The maximum Gasteiger partial charge on any atom is 0.254 e. The van der Waals surface area contributed by atoms with E-state index in [1.165, 1.54) is 23.8 Å². The third kappa shape index (κ3) is 5.09. The van der Waals surface area contributed by atoms with Crippen LogP contribution in [0.3, 0.4) is 0 Å². The molecule has 0 aliphatic carbocycles. The van der Waals surface area contributed by atoms with Gasteiger partial charge in [-0.3, -0.25) is 4.79 Å². The summed E-state index contributed by atoms with van der Waals surface area (Å²) in [6.07, 6.45) is 2.95. The van der Waals surface area contributed by atoms with Crippen molar-refractivity contribution in [3.8, 4) is 22.8 Å². The molecule has 0 aliphatic heterocycles. The van der Waals surface area contributed by atoms with E-state index in [1.807, 2.05) is 32.0 Å². The molecule has 2 heterocycles. The first-order chi connectivity index (χ1) is 16.1. The van der Waals surface area contributed by atoms with Crippen LogP contribution in [0.25, 0.3) is 16.9 Å². The molecular weight excluding hydrogens is 414 g/mol. The van der Waals surface area contributed by atoms with Gasteiger partial charge in [0.05, 0.1) is 24.6 Å². The monoisotopic (exact) mass is 441 g/mol. The lowest BCUT2D eigenvalue weighted by atomic mass is 10.0. The number of aromatic nitrogens is 4. The predicted molar refractivity (Wildman–Crippen MR) is 128 cm³/mol. The average Bonchev–Trinajstić information content (AvgIpc) is 3.29. The van der Waals surface area contributed by atoms with Crippen LogP contribution in [-0.2, 0) is 12.8 Å². The molecular formula is C26H27N5O2. The second kappa shape index (κ2) is 10.1. The van der Waals surface area contributed by atoms with Gasteiger partial charge in [-0.15, -0.1) is 10.2 Å². The van der Waals surface area contributed by atoms with E-state index >= 15 is 0 Å². The minimum atomic E-state index is -0.145. The van der Waals surface area contributed by atoms with E-state index in [0.717, 1.165) is 12.1 Å². The Hall–Kier alpha value is -4.00. The van der Waals surface area contributed by atoms with Gasteiger partial charge in [0.1, 0.15) is 0 Å². The largest absolute Gasteiger partial charge is 0.480 e. The van der Waals surface area contributed by atoms with Crippen LogP contribution in [0.1, 0.15) is 35.5 Å². The van der Waals surface area contributed by atoms with E-state index in [4.69, 9.17) is 4.74 Å². The number of amides is 1. The van der Waals surface area contributed by atoms with Crippen LogP contribution in [0.4, 0.5) is 0 Å². The summed E-state index contributed by atoms with van der Waals surface area (Å²) >= 11 is 0. The molecule has 168 valence electrons. The summed E-state index contributed by atoms with van der Waals surface area (Å²) in [5.41, 5.74) is 4.86. The van der Waals surface area contributed by atoms with Gasteiger partial charge >= 0.3 is 0 Å². The van der Waals surface area contributed by atoms with Crippen LogP contribution in [0, 0.1) is 0 Å². The molecule has 7 heteroatoms. The molecule has 7 nitrogen and oxygen atoms in total. The smallest absolute Gasteiger partial charge is 0.254 e. The van der Waals surface area contributed by atoms with Gasteiger partial charge in [0, 0.05) is 12.1 Å². The van der Waals surface area contributed by atoms with Crippen molar-refractivity contribution in [2.45, 2.75) is 32.7 Å². The first-order valence-electron chi connectivity index (χ1n) is 11.0. The summed E-state index contributed by atoms with van der Waals surface area (Å²) in [7, 11) is 1.54. The second-order valence-corrected chi connectivity index (χ2v) is 7.85. The van der Waals surface area contributed by atoms with Crippen molar-refractivity contribution < 1.29 is 9.53 Å². The summed E-state index contributed by atoms with van der Waals surface area (Å²) in [6, 6.07) is 22.2. The van der Waals surface area contributed by atoms with Crippen molar-refractivity contribution in [2.24, 2.45) is 0 Å². The first kappa shape index (κ1) is 22.2. The molecule has 1 unspecified atom stereocenters. The van der Waals surface area contributed by atoms with Gasteiger partial charge in [-0.05, 0) is 42.5 Å². The molecule has 1 atom stereocenters. The molecule has 4 aromatic rings. The topological polar surface area (TPSA) is 81.9 Å². The normalized spacial score (nSPS) is 11.7. The van der Waals surface area contributed by atoms with Crippen LogP contribution in [0.15, 0.2) is 72.9 Å². The number of carbonyl (C=O) groups is 1. The van der Waals surface area contributed by atoms with Crippen molar-refractivity contribution in [3.63, 3.8) is 0 Å². The fourth-order valence-corrected chi connectivity index (χ4v) is 3.81. The summed E-state index contributed by atoms with van der Waals surface area (Å²) in [6.45, 7) is 3.99. The Balaban J connectivity index is 1.43. The van der Waals surface area contributed by atoms with Crippen molar-refractivity contribution in [3.05, 3.63) is 89.7 Å². The highest BCUT2D eigenvalue weighted by atomic mass is 16.5. The average molecular weight is 442 g/mol. The number of ether oxygens (including phenoxy) is 1. The van der Waals surface area contributed by atoms with Crippen LogP contribution in [-0.4, -0.2) is 39.0 Å². The van der Waals surface area contributed by atoms with Crippen LogP contribution < -0.4 is 10.1 Å². The van der Waals surface area contributed by atoms with Gasteiger partial charge in [-0.1, -0.05) is 61.5 Å². The number of hydrogen-bond donors (Lipinski definition) is 1. The molecule has 2 aromatic carbocycles. The molecule has 0 radical (unpaired) electrons. The number of rotatable bonds is 8. The van der Waals surface area contributed by atoms with Gasteiger partial charge in [-0.25, -0.2) is 4.68 Å². The van der Waals surface area contributed by atoms with Gasteiger partial charge in [0.25, 0.3) is 5.91 Å². The quantitative estimate of drug-likeness (QED) is 0.442. The second-order valence-electron chi connectivity index (χ2n) is 7.85. The van der Waals surface area contributed by atoms with Crippen molar-refractivity contribution in [1.29, 1.82) is 0 Å². The fraction of sp³-hybridized carbons (Fsp3) is 0.231. The summed E-state index contributed by atoms with van der Waals surface area (Å²) in [4.78, 5) is 13.0. The molecule has 1 amide bonds. The maximum atomic E-state index is 13.0.